The Morgan fingerprint density at radius 3 is 2.08 bits per heavy atom. The van der Waals surface area contributed by atoms with E-state index in [1.54, 1.807) is 0 Å². The Morgan fingerprint density at radius 1 is 1.42 bits per heavy atom. The molecule has 0 saturated heterocycles. The average Bonchev–Trinajstić information content (AvgIpc) is 1.53. The SMILES string of the molecule is CC(CC(=O)O)CC(C)(C)C.N. The van der Waals surface area contributed by atoms with Gasteiger partial charge in [-0.1, -0.05) is 27.7 Å². The van der Waals surface area contributed by atoms with Gasteiger partial charge in [0.2, 0.25) is 0 Å². The van der Waals surface area contributed by atoms with Crippen molar-refractivity contribution in [2.24, 2.45) is 11.3 Å². The van der Waals surface area contributed by atoms with Gasteiger partial charge < -0.3 is 11.3 Å². The zero-order valence-corrected chi connectivity index (χ0v) is 8.55. The Hall–Kier alpha value is -0.570. The van der Waals surface area contributed by atoms with E-state index in [1.165, 1.54) is 0 Å². The van der Waals surface area contributed by atoms with Crippen molar-refractivity contribution in [2.75, 3.05) is 0 Å². The largest absolute Gasteiger partial charge is 0.481 e. The number of hydrogen-bond acceptors (Lipinski definition) is 2. The van der Waals surface area contributed by atoms with Crippen LogP contribution >= 0.6 is 0 Å². The van der Waals surface area contributed by atoms with E-state index in [0.717, 1.165) is 6.42 Å². The van der Waals surface area contributed by atoms with Gasteiger partial charge in [0.25, 0.3) is 0 Å². The second kappa shape index (κ2) is 5.14. The molecule has 0 aliphatic rings. The van der Waals surface area contributed by atoms with Crippen molar-refractivity contribution in [1.29, 1.82) is 0 Å². The van der Waals surface area contributed by atoms with Gasteiger partial charge >= 0.3 is 5.97 Å². The monoisotopic (exact) mass is 175 g/mol. The van der Waals surface area contributed by atoms with Crippen LogP contribution in [0.1, 0.15) is 40.5 Å². The summed E-state index contributed by atoms with van der Waals surface area (Å²) < 4.78 is 0. The number of carbonyl (C=O) groups is 1. The zero-order valence-electron chi connectivity index (χ0n) is 8.55. The summed E-state index contributed by atoms with van der Waals surface area (Å²) in [5, 5.41) is 8.48. The number of aliphatic carboxylic acids is 1. The maximum Gasteiger partial charge on any atom is 0.303 e. The van der Waals surface area contributed by atoms with Crippen molar-refractivity contribution in [3.63, 3.8) is 0 Å². The molecule has 0 radical (unpaired) electrons. The molecule has 3 heteroatoms. The van der Waals surface area contributed by atoms with Crippen molar-refractivity contribution in [1.82, 2.24) is 6.15 Å². The number of rotatable bonds is 3. The van der Waals surface area contributed by atoms with Gasteiger partial charge in [0, 0.05) is 6.42 Å². The summed E-state index contributed by atoms with van der Waals surface area (Å²) in [4.78, 5) is 10.3. The Bertz CT molecular complexity index is 138. The van der Waals surface area contributed by atoms with Crippen LogP contribution in [-0.2, 0) is 4.79 Å². The highest BCUT2D eigenvalue weighted by Crippen LogP contribution is 2.25. The maximum absolute atomic E-state index is 10.3. The second-order valence-corrected chi connectivity index (χ2v) is 4.47. The van der Waals surface area contributed by atoms with Gasteiger partial charge in [0.05, 0.1) is 0 Å². The van der Waals surface area contributed by atoms with E-state index in [0.29, 0.717) is 0 Å². The maximum atomic E-state index is 10.3. The number of hydrogen-bond donors (Lipinski definition) is 2. The fraction of sp³-hybridized carbons (Fsp3) is 0.889. The first-order valence-electron chi connectivity index (χ1n) is 4.03. The third-order valence-electron chi connectivity index (χ3n) is 1.48. The highest BCUT2D eigenvalue weighted by atomic mass is 16.4. The zero-order chi connectivity index (χ0) is 9.07. The first-order valence-corrected chi connectivity index (χ1v) is 4.03. The lowest BCUT2D eigenvalue weighted by Gasteiger charge is -2.21. The highest BCUT2D eigenvalue weighted by molar-refractivity contribution is 5.66. The lowest BCUT2D eigenvalue weighted by molar-refractivity contribution is -0.138. The highest BCUT2D eigenvalue weighted by Gasteiger charge is 2.16. The van der Waals surface area contributed by atoms with E-state index >= 15 is 0 Å². The van der Waals surface area contributed by atoms with Gasteiger partial charge in [-0.05, 0) is 17.8 Å². The van der Waals surface area contributed by atoms with Crippen LogP contribution in [0.25, 0.3) is 0 Å². The minimum absolute atomic E-state index is 0. The Labute approximate surface area is 74.8 Å². The molecular formula is C9H21NO2. The van der Waals surface area contributed by atoms with Crippen LogP contribution in [0.4, 0.5) is 0 Å². The van der Waals surface area contributed by atoms with E-state index in [-0.39, 0.29) is 23.9 Å². The van der Waals surface area contributed by atoms with Crippen LogP contribution in [0.2, 0.25) is 0 Å². The van der Waals surface area contributed by atoms with Crippen LogP contribution in [0.3, 0.4) is 0 Å². The molecule has 0 aliphatic carbocycles. The Kier molecular flexibility index (Phi) is 5.99. The molecule has 0 fully saturated rings. The Balaban J connectivity index is 0. The molecule has 0 spiro atoms. The van der Waals surface area contributed by atoms with Crippen LogP contribution in [-0.4, -0.2) is 11.1 Å². The summed E-state index contributed by atoms with van der Waals surface area (Å²) in [5.74, 6) is -0.408. The molecule has 0 rings (SSSR count). The first kappa shape index (κ1) is 14.0. The van der Waals surface area contributed by atoms with Crippen LogP contribution in [0.5, 0.6) is 0 Å². The molecule has 3 nitrogen and oxygen atoms in total. The number of carboxylic acid groups (broad SMARTS) is 1. The molecule has 0 aliphatic heterocycles. The number of carboxylic acids is 1. The second-order valence-electron chi connectivity index (χ2n) is 4.47. The summed E-state index contributed by atoms with van der Waals surface area (Å²) in [6.07, 6.45) is 1.26. The van der Waals surface area contributed by atoms with Crippen molar-refractivity contribution < 1.29 is 9.90 Å². The average molecular weight is 175 g/mol. The van der Waals surface area contributed by atoms with E-state index < -0.39 is 5.97 Å². The molecule has 1 unspecified atom stereocenters. The summed E-state index contributed by atoms with van der Waals surface area (Å²) in [6, 6.07) is 0. The molecule has 12 heavy (non-hydrogen) atoms. The lowest BCUT2D eigenvalue weighted by atomic mass is 9.84. The van der Waals surface area contributed by atoms with Crippen LogP contribution in [0.15, 0.2) is 0 Å². The summed E-state index contributed by atoms with van der Waals surface area (Å²) in [5.41, 5.74) is 0.245. The lowest BCUT2D eigenvalue weighted by Crippen LogP contribution is -2.13. The topological polar surface area (TPSA) is 72.3 Å². The fourth-order valence-electron chi connectivity index (χ4n) is 1.42. The van der Waals surface area contributed by atoms with E-state index in [9.17, 15) is 4.79 Å². The van der Waals surface area contributed by atoms with Gasteiger partial charge in [0.1, 0.15) is 0 Å². The normalized spacial score (nSPS) is 13.3. The van der Waals surface area contributed by atoms with Gasteiger partial charge in [-0.15, -0.1) is 0 Å². The molecule has 4 N–H and O–H groups in total. The molecule has 0 amide bonds. The van der Waals surface area contributed by atoms with Crippen molar-refractivity contribution in [3.8, 4) is 0 Å². The summed E-state index contributed by atoms with van der Waals surface area (Å²) in [7, 11) is 0. The fourth-order valence-corrected chi connectivity index (χ4v) is 1.42. The van der Waals surface area contributed by atoms with Gasteiger partial charge in [-0.2, -0.15) is 0 Å². The molecular weight excluding hydrogens is 154 g/mol. The predicted molar refractivity (Wildman–Crippen MR) is 50.5 cm³/mol. The minimum Gasteiger partial charge on any atom is -0.481 e. The molecule has 0 aromatic carbocycles. The molecule has 0 bridgehead atoms. The van der Waals surface area contributed by atoms with Gasteiger partial charge in [0.15, 0.2) is 0 Å². The molecule has 74 valence electrons. The minimum atomic E-state index is -0.693. The smallest absolute Gasteiger partial charge is 0.303 e. The first-order chi connectivity index (χ1) is 4.81. The molecule has 0 heterocycles. The Morgan fingerprint density at radius 2 is 1.83 bits per heavy atom. The van der Waals surface area contributed by atoms with Crippen molar-refractivity contribution in [3.05, 3.63) is 0 Å². The van der Waals surface area contributed by atoms with Crippen molar-refractivity contribution >= 4 is 5.97 Å². The van der Waals surface area contributed by atoms with Crippen LogP contribution in [0, 0.1) is 11.3 Å². The molecule has 0 saturated carbocycles. The van der Waals surface area contributed by atoms with Gasteiger partial charge in [-0.3, -0.25) is 4.79 Å². The summed E-state index contributed by atoms with van der Waals surface area (Å²) >= 11 is 0. The van der Waals surface area contributed by atoms with E-state index in [4.69, 9.17) is 5.11 Å². The third-order valence-corrected chi connectivity index (χ3v) is 1.48. The quantitative estimate of drug-likeness (QED) is 0.692. The van der Waals surface area contributed by atoms with E-state index in [1.807, 2.05) is 6.92 Å². The molecule has 0 aromatic heterocycles. The van der Waals surface area contributed by atoms with Crippen molar-refractivity contribution in [2.45, 2.75) is 40.5 Å². The third kappa shape index (κ3) is 9.43. The van der Waals surface area contributed by atoms with Gasteiger partial charge in [-0.25, -0.2) is 0 Å². The predicted octanol–water partition coefficient (Wildman–Crippen LogP) is 2.70. The molecule has 1 atom stereocenters. The summed E-state index contributed by atoms with van der Waals surface area (Å²) in [6.45, 7) is 8.38. The standard InChI is InChI=1S/C9H18O2.H3N/c1-7(5-8(10)11)6-9(2,3)4;/h7H,5-6H2,1-4H3,(H,10,11);1H3. The molecule has 0 aromatic rings. The van der Waals surface area contributed by atoms with E-state index in [2.05, 4.69) is 20.8 Å². The van der Waals surface area contributed by atoms with Crippen LogP contribution < -0.4 is 6.15 Å².